The van der Waals surface area contributed by atoms with E-state index in [4.69, 9.17) is 10.3 Å². The van der Waals surface area contributed by atoms with E-state index in [1.54, 1.807) is 6.92 Å². The van der Waals surface area contributed by atoms with Crippen molar-refractivity contribution >= 4 is 24.0 Å². The summed E-state index contributed by atoms with van der Waals surface area (Å²) < 4.78 is 5.25. The summed E-state index contributed by atoms with van der Waals surface area (Å²) in [7, 11) is 0. The first kappa shape index (κ1) is 20.1. The molecule has 132 valence electrons. The Labute approximate surface area is 148 Å². The number of carbonyl (C=O) groups is 1. The molecule has 2 rings (SSSR count). The van der Waals surface area contributed by atoms with Gasteiger partial charge in [0.2, 0.25) is 5.91 Å². The van der Waals surface area contributed by atoms with Crippen LogP contribution in [0.5, 0.6) is 0 Å². The largest absolute Gasteiger partial charge is 0.334 e. The van der Waals surface area contributed by atoms with E-state index in [2.05, 4.69) is 15.5 Å². The zero-order valence-corrected chi connectivity index (χ0v) is 15.4. The maximum atomic E-state index is 12.4. The molecule has 1 amide bonds. The summed E-state index contributed by atoms with van der Waals surface area (Å²) in [5.74, 6) is 0.907. The van der Waals surface area contributed by atoms with Gasteiger partial charge in [-0.2, -0.15) is 4.98 Å². The summed E-state index contributed by atoms with van der Waals surface area (Å²) in [4.78, 5) is 16.7. The number of nitrogens with zero attached hydrogens (tertiary/aromatic N) is 2. The van der Waals surface area contributed by atoms with Crippen molar-refractivity contribution < 1.29 is 9.32 Å². The summed E-state index contributed by atoms with van der Waals surface area (Å²) in [6.45, 7) is 7.64. The number of anilines is 1. The van der Waals surface area contributed by atoms with E-state index in [-0.39, 0.29) is 18.3 Å². The van der Waals surface area contributed by atoms with Gasteiger partial charge in [0.1, 0.15) is 0 Å². The molecule has 1 heterocycles. The Morgan fingerprint density at radius 3 is 2.67 bits per heavy atom. The highest BCUT2D eigenvalue weighted by Gasteiger charge is 2.27. The smallest absolute Gasteiger partial charge is 0.257 e. The first-order valence-electron chi connectivity index (χ1n) is 7.91. The third-order valence-electron chi connectivity index (χ3n) is 3.81. The second-order valence-electron chi connectivity index (χ2n) is 6.02. The van der Waals surface area contributed by atoms with E-state index in [9.17, 15) is 4.79 Å². The molecule has 3 N–H and O–H groups in total. The molecular weight excluding hydrogens is 328 g/mol. The van der Waals surface area contributed by atoms with Gasteiger partial charge in [0.05, 0.1) is 5.54 Å². The van der Waals surface area contributed by atoms with Crippen LogP contribution in [0.3, 0.4) is 0 Å². The van der Waals surface area contributed by atoms with Gasteiger partial charge in [0, 0.05) is 17.7 Å². The van der Waals surface area contributed by atoms with Crippen LogP contribution in [0.15, 0.2) is 22.7 Å². The number of carbonyl (C=O) groups excluding carboxylic acids is 1. The van der Waals surface area contributed by atoms with Crippen LogP contribution in [0.4, 0.5) is 5.69 Å². The molecule has 1 atom stereocenters. The Balaban J connectivity index is 0.00000288. The molecule has 1 unspecified atom stereocenters. The molecule has 0 aliphatic rings. The predicted octanol–water partition coefficient (Wildman–Crippen LogP) is 3.49. The lowest BCUT2D eigenvalue weighted by Crippen LogP contribution is -2.48. The minimum Gasteiger partial charge on any atom is -0.334 e. The van der Waals surface area contributed by atoms with Gasteiger partial charge in [0.15, 0.2) is 5.82 Å². The van der Waals surface area contributed by atoms with Crippen LogP contribution in [-0.4, -0.2) is 21.6 Å². The lowest BCUT2D eigenvalue weighted by atomic mass is 9.96. The van der Waals surface area contributed by atoms with Crippen molar-refractivity contribution in [3.63, 3.8) is 0 Å². The van der Waals surface area contributed by atoms with Crippen molar-refractivity contribution in [2.24, 2.45) is 5.73 Å². The molecule has 0 bridgehead atoms. The highest BCUT2D eigenvalue weighted by molar-refractivity contribution is 5.98. The van der Waals surface area contributed by atoms with Crippen molar-refractivity contribution in [2.75, 3.05) is 5.32 Å². The van der Waals surface area contributed by atoms with Gasteiger partial charge in [-0.15, -0.1) is 12.4 Å². The van der Waals surface area contributed by atoms with Gasteiger partial charge >= 0.3 is 0 Å². The summed E-state index contributed by atoms with van der Waals surface area (Å²) in [5.41, 5.74) is 7.62. The topological polar surface area (TPSA) is 94.0 Å². The molecule has 7 heteroatoms. The van der Waals surface area contributed by atoms with Crippen LogP contribution in [0.2, 0.25) is 0 Å². The van der Waals surface area contributed by atoms with Gasteiger partial charge in [-0.1, -0.05) is 31.5 Å². The van der Waals surface area contributed by atoms with E-state index in [0.29, 0.717) is 30.2 Å². The molecule has 24 heavy (non-hydrogen) atoms. The first-order valence-corrected chi connectivity index (χ1v) is 7.91. The number of hydrogen-bond acceptors (Lipinski definition) is 5. The Bertz CT molecular complexity index is 698. The minimum atomic E-state index is -0.892. The standard InChI is InChI=1S/C17H24N4O2.ClH/c1-5-9-17(4,18)16(22)19-13-10-12(8-7-11(13)3)15-20-14(6-2)21-23-15;/h7-8,10H,5-6,9,18H2,1-4H3,(H,19,22);1H. The van der Waals surface area contributed by atoms with Crippen LogP contribution in [0.1, 0.15) is 45.0 Å². The monoisotopic (exact) mass is 352 g/mol. The van der Waals surface area contributed by atoms with E-state index in [1.807, 2.05) is 39.0 Å². The highest BCUT2D eigenvalue weighted by Crippen LogP contribution is 2.25. The number of aryl methyl sites for hydroxylation is 2. The van der Waals surface area contributed by atoms with Crippen molar-refractivity contribution in [3.8, 4) is 11.5 Å². The molecule has 0 fully saturated rings. The normalized spacial score (nSPS) is 13.0. The second-order valence-corrected chi connectivity index (χ2v) is 6.02. The number of amides is 1. The number of nitrogens with two attached hydrogens (primary N) is 1. The average Bonchev–Trinajstić information content (AvgIpc) is 2.98. The van der Waals surface area contributed by atoms with Crippen molar-refractivity contribution in [3.05, 3.63) is 29.6 Å². The van der Waals surface area contributed by atoms with E-state index >= 15 is 0 Å². The zero-order chi connectivity index (χ0) is 17.0. The SMILES string of the molecule is CCCC(C)(N)C(=O)Nc1cc(-c2nc(CC)no2)ccc1C.Cl. The quantitative estimate of drug-likeness (QED) is 0.829. The number of aromatic nitrogens is 2. The van der Waals surface area contributed by atoms with Crippen LogP contribution < -0.4 is 11.1 Å². The Morgan fingerprint density at radius 1 is 1.38 bits per heavy atom. The number of halogens is 1. The molecule has 0 spiro atoms. The lowest BCUT2D eigenvalue weighted by molar-refractivity contribution is -0.120. The fraction of sp³-hybridized carbons (Fsp3) is 0.471. The van der Waals surface area contributed by atoms with E-state index in [1.165, 1.54) is 0 Å². The molecule has 2 aromatic rings. The molecule has 1 aromatic carbocycles. The molecule has 0 aliphatic carbocycles. The van der Waals surface area contributed by atoms with Crippen LogP contribution >= 0.6 is 12.4 Å². The Hall–Kier alpha value is -1.92. The Morgan fingerprint density at radius 2 is 2.08 bits per heavy atom. The fourth-order valence-corrected chi connectivity index (χ4v) is 2.30. The van der Waals surface area contributed by atoms with Crippen molar-refractivity contribution in [2.45, 2.75) is 52.5 Å². The summed E-state index contributed by atoms with van der Waals surface area (Å²) in [6.07, 6.45) is 2.18. The summed E-state index contributed by atoms with van der Waals surface area (Å²) >= 11 is 0. The number of hydrogen-bond donors (Lipinski definition) is 2. The minimum absolute atomic E-state index is 0. The van der Waals surface area contributed by atoms with Crippen LogP contribution in [0.25, 0.3) is 11.5 Å². The molecule has 6 nitrogen and oxygen atoms in total. The highest BCUT2D eigenvalue weighted by atomic mass is 35.5. The summed E-state index contributed by atoms with van der Waals surface area (Å²) in [6, 6.07) is 5.64. The summed E-state index contributed by atoms with van der Waals surface area (Å²) in [5, 5.41) is 6.81. The average molecular weight is 353 g/mol. The molecule has 1 aromatic heterocycles. The maximum absolute atomic E-state index is 12.4. The van der Waals surface area contributed by atoms with Gasteiger partial charge in [0.25, 0.3) is 5.89 Å². The van der Waals surface area contributed by atoms with Gasteiger partial charge in [-0.3, -0.25) is 4.79 Å². The molecular formula is C17H25ClN4O2. The van der Waals surface area contributed by atoms with Crippen molar-refractivity contribution in [1.82, 2.24) is 10.1 Å². The molecule has 0 saturated heterocycles. The van der Waals surface area contributed by atoms with Crippen LogP contribution in [-0.2, 0) is 11.2 Å². The van der Waals surface area contributed by atoms with Crippen molar-refractivity contribution in [1.29, 1.82) is 0 Å². The van der Waals surface area contributed by atoms with Gasteiger partial charge in [-0.25, -0.2) is 0 Å². The zero-order valence-electron chi connectivity index (χ0n) is 14.5. The number of rotatable bonds is 6. The van der Waals surface area contributed by atoms with Gasteiger partial charge in [-0.05, 0) is 38.0 Å². The van der Waals surface area contributed by atoms with Gasteiger partial charge < -0.3 is 15.6 Å². The third kappa shape index (κ3) is 4.55. The van der Waals surface area contributed by atoms with E-state index < -0.39 is 5.54 Å². The molecule has 0 saturated carbocycles. The molecule has 0 radical (unpaired) electrons. The number of nitrogens with one attached hydrogen (secondary N) is 1. The number of benzene rings is 1. The van der Waals surface area contributed by atoms with Crippen LogP contribution in [0, 0.1) is 6.92 Å². The predicted molar refractivity (Wildman–Crippen MR) is 97.2 cm³/mol. The molecule has 0 aliphatic heterocycles. The fourth-order valence-electron chi connectivity index (χ4n) is 2.30. The third-order valence-corrected chi connectivity index (χ3v) is 3.81. The Kier molecular flexibility index (Phi) is 6.93. The first-order chi connectivity index (χ1) is 10.9. The maximum Gasteiger partial charge on any atom is 0.257 e. The lowest BCUT2D eigenvalue weighted by Gasteiger charge is -2.23. The second kappa shape index (κ2) is 8.26. The van der Waals surface area contributed by atoms with E-state index in [0.717, 1.165) is 17.5 Å².